The van der Waals surface area contributed by atoms with Gasteiger partial charge in [-0.25, -0.2) is 0 Å². The Kier molecular flexibility index (Phi) is 35.9. The molecule has 4 nitrogen and oxygen atoms in total. The number of esters is 2. The number of hydrogen-bond donors (Lipinski definition) is 0. The largest absolute Gasteiger partial charge is 0.466 e. The van der Waals surface area contributed by atoms with Gasteiger partial charge in [-0.2, -0.15) is 0 Å². The van der Waals surface area contributed by atoms with Crippen LogP contribution in [-0.4, -0.2) is 25.2 Å². The fourth-order valence-corrected chi connectivity index (χ4v) is 3.91. The quantitative estimate of drug-likeness (QED) is 0.0626. The van der Waals surface area contributed by atoms with Crippen LogP contribution < -0.4 is 0 Å². The van der Waals surface area contributed by atoms with Gasteiger partial charge in [-0.1, -0.05) is 103 Å². The Morgan fingerprint density at radius 1 is 0.447 bits per heavy atom. The third-order valence-electron chi connectivity index (χ3n) is 6.33. The number of hydrogen-bond acceptors (Lipinski definition) is 4. The normalized spacial score (nSPS) is 11.1. The van der Waals surface area contributed by atoms with Crippen LogP contribution in [-0.2, 0) is 19.1 Å². The van der Waals surface area contributed by atoms with E-state index in [1.807, 2.05) is 0 Å². The number of allylic oxidation sites excluding steroid dienone is 4. The highest BCUT2D eigenvalue weighted by molar-refractivity contribution is 5.69. The molecule has 0 bridgehead atoms. The van der Waals surface area contributed by atoms with Crippen LogP contribution in [0.2, 0.25) is 0 Å². The van der Waals surface area contributed by atoms with E-state index in [-0.39, 0.29) is 11.9 Å². The number of ether oxygens (including phenoxy) is 2. The van der Waals surface area contributed by atoms with Gasteiger partial charge in [0.15, 0.2) is 0 Å². The van der Waals surface area contributed by atoms with Crippen LogP contribution >= 0.6 is 0 Å². The van der Waals surface area contributed by atoms with E-state index in [1.165, 1.54) is 51.4 Å². The lowest BCUT2D eigenvalue weighted by Crippen LogP contribution is -2.05. The number of unbranched alkanes of at least 4 members (excludes halogenated alkanes) is 14. The van der Waals surface area contributed by atoms with Crippen LogP contribution in [0.15, 0.2) is 24.3 Å². The molecule has 38 heavy (non-hydrogen) atoms. The fourth-order valence-electron chi connectivity index (χ4n) is 3.91. The highest BCUT2D eigenvalue weighted by Crippen LogP contribution is 2.08. The van der Waals surface area contributed by atoms with Crippen molar-refractivity contribution in [3.05, 3.63) is 24.3 Å². The summed E-state index contributed by atoms with van der Waals surface area (Å²) >= 11 is 0. The molecule has 0 unspecified atom stereocenters. The van der Waals surface area contributed by atoms with E-state index in [9.17, 15) is 9.59 Å². The smallest absolute Gasteiger partial charge is 0.305 e. The molecule has 0 fully saturated rings. The molecule has 0 aromatic carbocycles. The minimum atomic E-state index is -0.0117. The van der Waals surface area contributed by atoms with Crippen LogP contribution in [0.3, 0.4) is 0 Å². The molecule has 0 aliphatic rings. The summed E-state index contributed by atoms with van der Waals surface area (Å²) in [5, 5.41) is 0. The molecule has 0 rings (SSSR count). The summed E-state index contributed by atoms with van der Waals surface area (Å²) in [6.45, 7) is 9.91. The van der Waals surface area contributed by atoms with Gasteiger partial charge >= 0.3 is 11.9 Å². The number of rotatable bonds is 26. The van der Waals surface area contributed by atoms with Crippen molar-refractivity contribution in [1.82, 2.24) is 0 Å². The monoisotopic (exact) mass is 536 g/mol. The lowest BCUT2D eigenvalue weighted by molar-refractivity contribution is -0.144. The van der Waals surface area contributed by atoms with Gasteiger partial charge in [0.05, 0.1) is 13.2 Å². The molecule has 0 aromatic heterocycles. The maximum Gasteiger partial charge on any atom is 0.305 e. The SMILES string of the molecule is CC/C=C\CCCCCOC(=O)CCCCCCC.CC/C=C\CCCCCOC(=O)CCCCCCC. The molecule has 0 amide bonds. The summed E-state index contributed by atoms with van der Waals surface area (Å²) in [6, 6.07) is 0. The Morgan fingerprint density at radius 2 is 0.816 bits per heavy atom. The molecule has 0 aromatic rings. The van der Waals surface area contributed by atoms with Crippen molar-refractivity contribution in [2.75, 3.05) is 13.2 Å². The second kappa shape index (κ2) is 35.4. The van der Waals surface area contributed by atoms with E-state index in [1.54, 1.807) is 0 Å². The minimum Gasteiger partial charge on any atom is -0.466 e. The van der Waals surface area contributed by atoms with Crippen LogP contribution in [0.5, 0.6) is 0 Å². The highest BCUT2D eigenvalue weighted by Gasteiger charge is 2.03. The molecule has 0 aliphatic carbocycles. The van der Waals surface area contributed by atoms with E-state index in [4.69, 9.17) is 9.47 Å². The predicted molar refractivity (Wildman–Crippen MR) is 164 cm³/mol. The van der Waals surface area contributed by atoms with Crippen LogP contribution in [0, 0.1) is 0 Å². The molecule has 0 saturated heterocycles. The summed E-state index contributed by atoms with van der Waals surface area (Å²) in [7, 11) is 0. The minimum absolute atomic E-state index is 0.0117. The van der Waals surface area contributed by atoms with Gasteiger partial charge in [-0.3, -0.25) is 9.59 Å². The Labute approximate surface area is 237 Å². The second-order valence-corrected chi connectivity index (χ2v) is 10.2. The first-order valence-corrected chi connectivity index (χ1v) is 16.2. The summed E-state index contributed by atoms with van der Waals surface area (Å²) in [6.07, 6.45) is 33.2. The summed E-state index contributed by atoms with van der Waals surface area (Å²) in [5.41, 5.74) is 0. The summed E-state index contributed by atoms with van der Waals surface area (Å²) in [4.78, 5) is 22.8. The summed E-state index contributed by atoms with van der Waals surface area (Å²) in [5.74, 6) is -0.0234. The Hall–Kier alpha value is -1.58. The molecule has 224 valence electrons. The maximum atomic E-state index is 11.4. The van der Waals surface area contributed by atoms with Crippen LogP contribution in [0.4, 0.5) is 0 Å². The Balaban J connectivity index is 0. The molecular weight excluding hydrogens is 472 g/mol. The van der Waals surface area contributed by atoms with Gasteiger partial charge in [0.2, 0.25) is 0 Å². The van der Waals surface area contributed by atoms with Gasteiger partial charge < -0.3 is 9.47 Å². The topological polar surface area (TPSA) is 52.6 Å². The van der Waals surface area contributed by atoms with Gasteiger partial charge in [-0.15, -0.1) is 0 Å². The zero-order valence-electron chi connectivity index (χ0n) is 25.9. The van der Waals surface area contributed by atoms with Gasteiger partial charge in [0, 0.05) is 12.8 Å². The Morgan fingerprint density at radius 3 is 1.18 bits per heavy atom. The van der Waals surface area contributed by atoms with E-state index in [0.717, 1.165) is 77.0 Å². The molecule has 0 heterocycles. The van der Waals surface area contributed by atoms with Gasteiger partial charge in [0.25, 0.3) is 0 Å². The van der Waals surface area contributed by atoms with Gasteiger partial charge in [0.1, 0.15) is 0 Å². The van der Waals surface area contributed by atoms with Crippen molar-refractivity contribution < 1.29 is 19.1 Å². The fraction of sp³-hybridized carbons (Fsp3) is 0.824. The molecule has 0 saturated carbocycles. The lowest BCUT2D eigenvalue weighted by atomic mass is 10.1. The summed E-state index contributed by atoms with van der Waals surface area (Å²) < 4.78 is 10.4. The van der Waals surface area contributed by atoms with Crippen molar-refractivity contribution in [1.29, 1.82) is 0 Å². The third-order valence-corrected chi connectivity index (χ3v) is 6.33. The van der Waals surface area contributed by atoms with Crippen molar-refractivity contribution in [3.63, 3.8) is 0 Å². The molecular formula is C34H64O4. The van der Waals surface area contributed by atoms with E-state index < -0.39 is 0 Å². The highest BCUT2D eigenvalue weighted by atomic mass is 16.5. The van der Waals surface area contributed by atoms with Crippen LogP contribution in [0.25, 0.3) is 0 Å². The second-order valence-electron chi connectivity index (χ2n) is 10.2. The molecule has 0 atom stereocenters. The third kappa shape index (κ3) is 36.6. The number of carbonyl (C=O) groups is 2. The van der Waals surface area contributed by atoms with Gasteiger partial charge in [-0.05, 0) is 77.0 Å². The molecule has 0 radical (unpaired) electrons. The molecule has 0 aliphatic heterocycles. The maximum absolute atomic E-state index is 11.4. The first-order valence-electron chi connectivity index (χ1n) is 16.2. The standard InChI is InChI=1S/2C17H32O2/c2*1-3-5-7-9-10-12-14-16-19-17(18)15-13-11-8-6-4-2/h2*5,7H,3-4,6,8-16H2,1-2H3/b2*7-5-. The van der Waals surface area contributed by atoms with Crippen LogP contribution in [0.1, 0.15) is 169 Å². The molecule has 0 N–H and O–H groups in total. The van der Waals surface area contributed by atoms with Crippen molar-refractivity contribution in [2.45, 2.75) is 169 Å². The average molecular weight is 537 g/mol. The van der Waals surface area contributed by atoms with Crippen molar-refractivity contribution in [2.24, 2.45) is 0 Å². The number of carbonyl (C=O) groups excluding carboxylic acids is 2. The van der Waals surface area contributed by atoms with Crippen molar-refractivity contribution in [3.8, 4) is 0 Å². The van der Waals surface area contributed by atoms with Crippen molar-refractivity contribution >= 4 is 11.9 Å². The van der Waals surface area contributed by atoms with E-state index in [0.29, 0.717) is 26.1 Å². The predicted octanol–water partition coefficient (Wildman–Crippen LogP) is 10.8. The molecule has 0 spiro atoms. The zero-order chi connectivity index (χ0) is 28.4. The lowest BCUT2D eigenvalue weighted by Gasteiger charge is -2.04. The first-order chi connectivity index (χ1) is 18.6. The Bertz CT molecular complexity index is 491. The average Bonchev–Trinajstić information content (AvgIpc) is 2.92. The molecule has 4 heteroatoms. The first kappa shape index (κ1) is 38.6. The zero-order valence-corrected chi connectivity index (χ0v) is 25.9. The van der Waals surface area contributed by atoms with E-state index in [2.05, 4.69) is 52.0 Å². The van der Waals surface area contributed by atoms with E-state index >= 15 is 0 Å².